The van der Waals surface area contributed by atoms with Gasteiger partial charge in [-0.25, -0.2) is 0 Å². The van der Waals surface area contributed by atoms with Gasteiger partial charge >= 0.3 is 0 Å². The molecule has 0 unspecified atom stereocenters. The Kier molecular flexibility index (Phi) is 5.15. The molecule has 0 N–H and O–H groups in total. The second-order valence-electron chi connectivity index (χ2n) is 4.31. The molecule has 1 aromatic heterocycles. The van der Waals surface area contributed by atoms with Crippen LogP contribution in [0.25, 0.3) is 0 Å². The minimum Gasteiger partial charge on any atom is -0.468 e. The topological polar surface area (TPSA) is 33.5 Å². The van der Waals surface area contributed by atoms with E-state index in [-0.39, 0.29) is 5.78 Å². The van der Waals surface area contributed by atoms with Crippen molar-refractivity contribution in [3.05, 3.63) is 57.6 Å². The second kappa shape index (κ2) is 6.86. The number of halogens is 1. The Balaban J connectivity index is 1.98. The summed E-state index contributed by atoms with van der Waals surface area (Å²) in [6.07, 6.45) is 1.66. The van der Waals surface area contributed by atoms with E-state index in [4.69, 9.17) is 4.42 Å². The predicted molar refractivity (Wildman–Crippen MR) is 83.1 cm³/mol. The van der Waals surface area contributed by atoms with E-state index in [2.05, 4.69) is 27.5 Å². The van der Waals surface area contributed by atoms with Gasteiger partial charge in [0.1, 0.15) is 5.76 Å². The van der Waals surface area contributed by atoms with Crippen LogP contribution in [-0.4, -0.2) is 23.8 Å². The molecule has 0 saturated heterocycles. The van der Waals surface area contributed by atoms with E-state index in [9.17, 15) is 4.79 Å². The number of hydrogen-bond donors (Lipinski definition) is 0. The standard InChI is InChI=1S/C15H16INO2/c1-2-17(10-14-4-3-9-19-14)11-15(18)12-5-7-13(16)8-6-12/h3-9H,2,10-11H2,1H3. The van der Waals surface area contributed by atoms with Gasteiger partial charge in [0.2, 0.25) is 0 Å². The van der Waals surface area contributed by atoms with Crippen molar-refractivity contribution in [2.75, 3.05) is 13.1 Å². The lowest BCUT2D eigenvalue weighted by atomic mass is 10.1. The van der Waals surface area contributed by atoms with Crippen LogP contribution in [0.15, 0.2) is 47.1 Å². The van der Waals surface area contributed by atoms with E-state index in [0.29, 0.717) is 13.1 Å². The van der Waals surface area contributed by atoms with Gasteiger partial charge in [0.05, 0.1) is 19.4 Å². The molecule has 19 heavy (non-hydrogen) atoms. The van der Waals surface area contributed by atoms with Crippen LogP contribution in [0, 0.1) is 3.57 Å². The largest absolute Gasteiger partial charge is 0.468 e. The molecule has 3 nitrogen and oxygen atoms in total. The minimum absolute atomic E-state index is 0.143. The van der Waals surface area contributed by atoms with Crippen molar-refractivity contribution in [3.8, 4) is 0 Å². The van der Waals surface area contributed by atoms with Gasteiger partial charge in [0.25, 0.3) is 0 Å². The van der Waals surface area contributed by atoms with Crippen molar-refractivity contribution >= 4 is 28.4 Å². The van der Waals surface area contributed by atoms with Gasteiger partial charge in [0, 0.05) is 9.13 Å². The lowest BCUT2D eigenvalue weighted by Crippen LogP contribution is -2.29. The van der Waals surface area contributed by atoms with Gasteiger partial charge in [0.15, 0.2) is 5.78 Å². The molecule has 1 heterocycles. The first-order valence-electron chi connectivity index (χ1n) is 6.22. The van der Waals surface area contributed by atoms with Crippen LogP contribution in [0.2, 0.25) is 0 Å². The Labute approximate surface area is 126 Å². The van der Waals surface area contributed by atoms with Crippen LogP contribution in [0.4, 0.5) is 0 Å². The summed E-state index contributed by atoms with van der Waals surface area (Å²) >= 11 is 2.23. The van der Waals surface area contributed by atoms with Crippen molar-refractivity contribution in [1.29, 1.82) is 0 Å². The van der Waals surface area contributed by atoms with E-state index in [1.165, 1.54) is 0 Å². The molecule has 1 aromatic carbocycles. The van der Waals surface area contributed by atoms with Gasteiger partial charge in [-0.05, 0) is 53.4 Å². The molecule has 0 aliphatic rings. The summed E-state index contributed by atoms with van der Waals surface area (Å²) < 4.78 is 6.45. The van der Waals surface area contributed by atoms with Gasteiger partial charge < -0.3 is 4.42 Å². The molecule has 0 aliphatic heterocycles. The average molecular weight is 369 g/mol. The van der Waals surface area contributed by atoms with Crippen molar-refractivity contribution in [2.45, 2.75) is 13.5 Å². The number of furan rings is 1. The Morgan fingerprint density at radius 1 is 1.26 bits per heavy atom. The third-order valence-electron chi connectivity index (χ3n) is 2.94. The van der Waals surface area contributed by atoms with Gasteiger partial charge in [-0.1, -0.05) is 19.1 Å². The third-order valence-corrected chi connectivity index (χ3v) is 3.66. The van der Waals surface area contributed by atoms with Crippen LogP contribution in [0.1, 0.15) is 23.0 Å². The Hall–Kier alpha value is -1.14. The normalized spacial score (nSPS) is 10.9. The van der Waals surface area contributed by atoms with E-state index >= 15 is 0 Å². The average Bonchev–Trinajstić information content (AvgIpc) is 2.91. The van der Waals surface area contributed by atoms with Crippen molar-refractivity contribution in [1.82, 2.24) is 4.90 Å². The van der Waals surface area contributed by atoms with Crippen LogP contribution in [-0.2, 0) is 6.54 Å². The highest BCUT2D eigenvalue weighted by Gasteiger charge is 2.12. The molecule has 2 rings (SSSR count). The number of ketones is 1. The smallest absolute Gasteiger partial charge is 0.176 e. The summed E-state index contributed by atoms with van der Waals surface area (Å²) in [6, 6.07) is 11.5. The Morgan fingerprint density at radius 3 is 2.58 bits per heavy atom. The van der Waals surface area contributed by atoms with E-state index < -0.39 is 0 Å². The van der Waals surface area contributed by atoms with Gasteiger partial charge in [-0.2, -0.15) is 0 Å². The molecular weight excluding hydrogens is 353 g/mol. The molecule has 2 aromatic rings. The molecule has 0 radical (unpaired) electrons. The maximum atomic E-state index is 12.2. The first kappa shape index (κ1) is 14.3. The number of likely N-dealkylation sites (N-methyl/N-ethyl adjacent to an activating group) is 1. The number of rotatable bonds is 6. The van der Waals surface area contributed by atoms with Gasteiger partial charge in [-0.15, -0.1) is 0 Å². The first-order valence-corrected chi connectivity index (χ1v) is 7.30. The van der Waals surface area contributed by atoms with Crippen molar-refractivity contribution in [2.24, 2.45) is 0 Å². The van der Waals surface area contributed by atoms with Crippen LogP contribution < -0.4 is 0 Å². The van der Waals surface area contributed by atoms with Crippen molar-refractivity contribution in [3.63, 3.8) is 0 Å². The van der Waals surface area contributed by atoms with Crippen LogP contribution >= 0.6 is 22.6 Å². The molecule has 0 aliphatic carbocycles. The SMILES string of the molecule is CCN(CC(=O)c1ccc(I)cc1)Cc1ccco1. The predicted octanol–water partition coefficient (Wildman–Crippen LogP) is 3.59. The van der Waals surface area contributed by atoms with E-state index in [1.54, 1.807) is 6.26 Å². The summed E-state index contributed by atoms with van der Waals surface area (Å²) in [4.78, 5) is 14.2. The zero-order valence-electron chi connectivity index (χ0n) is 10.8. The zero-order chi connectivity index (χ0) is 13.7. The maximum absolute atomic E-state index is 12.2. The molecular formula is C15H16INO2. The summed E-state index contributed by atoms with van der Waals surface area (Å²) in [5.41, 5.74) is 0.762. The minimum atomic E-state index is 0.143. The highest BCUT2D eigenvalue weighted by molar-refractivity contribution is 14.1. The molecule has 4 heteroatoms. The van der Waals surface area contributed by atoms with Crippen LogP contribution in [0.5, 0.6) is 0 Å². The summed E-state index contributed by atoms with van der Waals surface area (Å²) in [5, 5.41) is 0. The third kappa shape index (κ3) is 4.18. The fourth-order valence-corrected chi connectivity index (χ4v) is 2.19. The number of Topliss-reactive ketones (excluding diaryl/α,β-unsaturated/α-hetero) is 1. The fraction of sp³-hybridized carbons (Fsp3) is 0.267. The quantitative estimate of drug-likeness (QED) is 0.577. The Morgan fingerprint density at radius 2 is 2.00 bits per heavy atom. The monoisotopic (exact) mass is 369 g/mol. The molecule has 0 spiro atoms. The zero-order valence-corrected chi connectivity index (χ0v) is 13.0. The molecule has 0 atom stereocenters. The second-order valence-corrected chi connectivity index (χ2v) is 5.56. The maximum Gasteiger partial charge on any atom is 0.176 e. The lowest BCUT2D eigenvalue weighted by molar-refractivity contribution is 0.0925. The summed E-state index contributed by atoms with van der Waals surface area (Å²) in [6.45, 7) is 3.94. The number of carbonyl (C=O) groups excluding carboxylic acids is 1. The molecule has 0 amide bonds. The van der Waals surface area contributed by atoms with E-state index in [1.807, 2.05) is 43.3 Å². The molecule has 0 fully saturated rings. The van der Waals surface area contributed by atoms with E-state index in [0.717, 1.165) is 21.4 Å². The van der Waals surface area contributed by atoms with Crippen LogP contribution in [0.3, 0.4) is 0 Å². The number of hydrogen-bond acceptors (Lipinski definition) is 3. The highest BCUT2D eigenvalue weighted by Crippen LogP contribution is 2.10. The molecule has 100 valence electrons. The lowest BCUT2D eigenvalue weighted by Gasteiger charge is -2.18. The number of nitrogens with zero attached hydrogens (tertiary/aromatic N) is 1. The molecule has 0 saturated carbocycles. The number of carbonyl (C=O) groups is 1. The van der Waals surface area contributed by atoms with Crippen molar-refractivity contribution < 1.29 is 9.21 Å². The summed E-state index contributed by atoms with van der Waals surface area (Å²) in [5.74, 6) is 1.03. The van der Waals surface area contributed by atoms with Gasteiger partial charge in [-0.3, -0.25) is 9.69 Å². The summed E-state index contributed by atoms with van der Waals surface area (Å²) in [7, 11) is 0. The Bertz CT molecular complexity index is 520. The first-order chi connectivity index (χ1) is 9.19. The fourth-order valence-electron chi connectivity index (χ4n) is 1.83. The highest BCUT2D eigenvalue weighted by atomic mass is 127. The number of benzene rings is 1. The molecule has 0 bridgehead atoms.